The van der Waals surface area contributed by atoms with E-state index in [1.807, 2.05) is 24.4 Å². The van der Waals surface area contributed by atoms with Crippen LogP contribution >= 0.6 is 34.4 Å². The Morgan fingerprint density at radius 3 is 3.17 bits per heavy atom. The molecule has 0 saturated heterocycles. The maximum Gasteiger partial charge on any atom is 0.230 e. The molecule has 0 spiro atoms. The molecule has 24 heavy (non-hydrogen) atoms. The Morgan fingerprint density at radius 2 is 2.33 bits per heavy atom. The molecule has 7 heteroatoms. The van der Waals surface area contributed by atoms with Crippen LogP contribution in [0.2, 0.25) is 0 Å². The van der Waals surface area contributed by atoms with Crippen molar-refractivity contribution in [2.45, 2.75) is 37.3 Å². The van der Waals surface area contributed by atoms with Crippen LogP contribution in [0.1, 0.15) is 34.7 Å². The van der Waals surface area contributed by atoms with Gasteiger partial charge in [0.15, 0.2) is 0 Å². The molecule has 0 saturated carbocycles. The van der Waals surface area contributed by atoms with Crippen molar-refractivity contribution in [1.82, 2.24) is 15.3 Å². The molecule has 0 fully saturated rings. The normalized spacial score (nSPS) is 14.7. The van der Waals surface area contributed by atoms with Crippen LogP contribution in [0.3, 0.4) is 0 Å². The van der Waals surface area contributed by atoms with Gasteiger partial charge in [-0.05, 0) is 43.2 Å². The summed E-state index contributed by atoms with van der Waals surface area (Å²) >= 11 is 4.96. The number of thiophene rings is 2. The molecule has 1 amide bonds. The standard InChI is InChI=1S/C17H17N3OS3/c1-10(12-6-3-7-22-12)20-14(21)8-23-16-15-11-4-2-5-13(11)24-17(15)19-9-18-16/h3,6-7,9-10H,2,4-5,8H2,1H3,(H,20,21)/t10-/m0/s1. The summed E-state index contributed by atoms with van der Waals surface area (Å²) < 4.78 is 0. The summed E-state index contributed by atoms with van der Waals surface area (Å²) in [6, 6.07) is 4.10. The summed E-state index contributed by atoms with van der Waals surface area (Å²) in [4.78, 5) is 24.8. The molecule has 0 unspecified atom stereocenters. The van der Waals surface area contributed by atoms with Crippen molar-refractivity contribution in [3.63, 3.8) is 0 Å². The highest BCUT2D eigenvalue weighted by molar-refractivity contribution is 8.00. The number of amides is 1. The zero-order valence-corrected chi connectivity index (χ0v) is 15.7. The van der Waals surface area contributed by atoms with Gasteiger partial charge < -0.3 is 5.32 Å². The summed E-state index contributed by atoms with van der Waals surface area (Å²) in [6.07, 6.45) is 5.09. The van der Waals surface area contributed by atoms with Crippen molar-refractivity contribution in [3.8, 4) is 0 Å². The zero-order chi connectivity index (χ0) is 16.5. The third-order valence-electron chi connectivity index (χ3n) is 4.15. The van der Waals surface area contributed by atoms with E-state index < -0.39 is 0 Å². The van der Waals surface area contributed by atoms with Crippen molar-refractivity contribution < 1.29 is 4.79 Å². The molecule has 0 bridgehead atoms. The molecule has 3 aromatic heterocycles. The molecular formula is C17H17N3OS3. The van der Waals surface area contributed by atoms with Gasteiger partial charge in [-0.3, -0.25) is 4.79 Å². The first-order valence-corrected chi connectivity index (χ1v) is 10.6. The highest BCUT2D eigenvalue weighted by atomic mass is 32.2. The number of carbonyl (C=O) groups excluding carboxylic acids is 1. The Balaban J connectivity index is 1.46. The molecule has 1 atom stereocenters. The molecule has 124 valence electrons. The van der Waals surface area contributed by atoms with E-state index >= 15 is 0 Å². The van der Waals surface area contributed by atoms with Gasteiger partial charge >= 0.3 is 0 Å². The number of nitrogens with zero attached hydrogens (tertiary/aromatic N) is 2. The Morgan fingerprint density at radius 1 is 1.42 bits per heavy atom. The number of hydrogen-bond donors (Lipinski definition) is 1. The lowest BCUT2D eigenvalue weighted by Crippen LogP contribution is -2.27. The van der Waals surface area contributed by atoms with Gasteiger partial charge in [-0.15, -0.1) is 22.7 Å². The van der Waals surface area contributed by atoms with E-state index in [9.17, 15) is 4.79 Å². The molecule has 0 aromatic carbocycles. The number of nitrogens with one attached hydrogen (secondary N) is 1. The van der Waals surface area contributed by atoms with E-state index in [2.05, 4.69) is 15.3 Å². The van der Waals surface area contributed by atoms with Crippen LogP contribution in [0.5, 0.6) is 0 Å². The first kappa shape index (κ1) is 16.1. The second kappa shape index (κ2) is 6.82. The Labute approximate surface area is 152 Å². The van der Waals surface area contributed by atoms with E-state index in [1.165, 1.54) is 38.9 Å². The van der Waals surface area contributed by atoms with E-state index in [-0.39, 0.29) is 11.9 Å². The molecule has 3 heterocycles. The molecular weight excluding hydrogens is 358 g/mol. The fourth-order valence-electron chi connectivity index (χ4n) is 3.03. The maximum atomic E-state index is 12.3. The second-order valence-corrected chi connectivity index (χ2v) is 8.84. The lowest BCUT2D eigenvalue weighted by atomic mass is 10.2. The summed E-state index contributed by atoms with van der Waals surface area (Å²) in [6.45, 7) is 2.02. The zero-order valence-electron chi connectivity index (χ0n) is 13.2. The molecule has 1 aliphatic rings. The summed E-state index contributed by atoms with van der Waals surface area (Å²) in [5, 5.41) is 7.21. The first-order chi connectivity index (χ1) is 11.7. The SMILES string of the molecule is C[C@H](NC(=O)CSc1ncnc2sc3c(c12)CCC3)c1cccs1. The van der Waals surface area contributed by atoms with Crippen LogP contribution in [0, 0.1) is 0 Å². The van der Waals surface area contributed by atoms with Crippen molar-refractivity contribution in [1.29, 1.82) is 0 Å². The predicted octanol–water partition coefficient (Wildman–Crippen LogP) is 4.21. The number of rotatable bonds is 5. The van der Waals surface area contributed by atoms with E-state index in [0.29, 0.717) is 5.75 Å². The fourth-order valence-corrected chi connectivity index (χ4v) is 5.90. The van der Waals surface area contributed by atoms with Gasteiger partial charge in [0.05, 0.1) is 11.8 Å². The minimum atomic E-state index is 0.0412. The Bertz CT molecular complexity index is 873. The third-order valence-corrected chi connectivity index (χ3v) is 7.40. The molecule has 0 aliphatic heterocycles. The Hall–Kier alpha value is -1.44. The van der Waals surface area contributed by atoms with Crippen LogP contribution in [0.4, 0.5) is 0 Å². The van der Waals surface area contributed by atoms with Gasteiger partial charge in [-0.25, -0.2) is 9.97 Å². The van der Waals surface area contributed by atoms with Crippen LogP contribution in [0.25, 0.3) is 10.2 Å². The smallest absolute Gasteiger partial charge is 0.230 e. The van der Waals surface area contributed by atoms with Crippen LogP contribution in [-0.2, 0) is 17.6 Å². The minimum absolute atomic E-state index is 0.0412. The number of aromatic nitrogens is 2. The summed E-state index contributed by atoms with van der Waals surface area (Å²) in [7, 11) is 0. The van der Waals surface area contributed by atoms with Crippen LogP contribution < -0.4 is 5.32 Å². The fraction of sp³-hybridized carbons (Fsp3) is 0.353. The molecule has 4 nitrogen and oxygen atoms in total. The second-order valence-electron chi connectivity index (χ2n) is 5.81. The van der Waals surface area contributed by atoms with Gasteiger partial charge in [-0.2, -0.15) is 0 Å². The van der Waals surface area contributed by atoms with Crippen LogP contribution in [-0.4, -0.2) is 21.6 Å². The highest BCUT2D eigenvalue weighted by Gasteiger charge is 2.21. The molecule has 1 aliphatic carbocycles. The lowest BCUT2D eigenvalue weighted by Gasteiger charge is -2.12. The van der Waals surface area contributed by atoms with Crippen molar-refractivity contribution in [2.24, 2.45) is 0 Å². The third kappa shape index (κ3) is 3.08. The topological polar surface area (TPSA) is 54.9 Å². The van der Waals surface area contributed by atoms with Crippen molar-refractivity contribution in [3.05, 3.63) is 39.2 Å². The van der Waals surface area contributed by atoms with Crippen molar-refractivity contribution >= 4 is 50.6 Å². The number of hydrogen-bond acceptors (Lipinski definition) is 6. The van der Waals surface area contributed by atoms with E-state index in [0.717, 1.165) is 22.7 Å². The van der Waals surface area contributed by atoms with Gasteiger partial charge in [0, 0.05) is 15.1 Å². The quantitative estimate of drug-likeness (QED) is 0.536. The molecule has 4 rings (SSSR count). The summed E-state index contributed by atoms with van der Waals surface area (Å²) in [5.74, 6) is 0.423. The molecule has 1 N–H and O–H groups in total. The molecule has 3 aromatic rings. The summed E-state index contributed by atoms with van der Waals surface area (Å²) in [5.41, 5.74) is 1.41. The average molecular weight is 376 g/mol. The number of fused-ring (bicyclic) bond motifs is 3. The number of thioether (sulfide) groups is 1. The average Bonchev–Trinajstić information content (AvgIpc) is 3.28. The van der Waals surface area contributed by atoms with Gasteiger partial charge in [0.1, 0.15) is 16.2 Å². The van der Waals surface area contributed by atoms with Gasteiger partial charge in [0.25, 0.3) is 0 Å². The monoisotopic (exact) mass is 375 g/mol. The molecule has 0 radical (unpaired) electrons. The first-order valence-electron chi connectivity index (χ1n) is 7.93. The largest absolute Gasteiger partial charge is 0.348 e. The minimum Gasteiger partial charge on any atom is -0.348 e. The number of carbonyl (C=O) groups is 1. The maximum absolute atomic E-state index is 12.3. The number of aryl methyl sites for hydroxylation is 2. The van der Waals surface area contributed by atoms with Crippen molar-refractivity contribution in [2.75, 3.05) is 5.75 Å². The lowest BCUT2D eigenvalue weighted by molar-refractivity contribution is -0.119. The highest BCUT2D eigenvalue weighted by Crippen LogP contribution is 2.39. The van der Waals surface area contributed by atoms with E-state index in [1.54, 1.807) is 29.0 Å². The van der Waals surface area contributed by atoms with Crippen LogP contribution in [0.15, 0.2) is 28.9 Å². The van der Waals surface area contributed by atoms with E-state index in [4.69, 9.17) is 0 Å². The van der Waals surface area contributed by atoms with Gasteiger partial charge in [0.2, 0.25) is 5.91 Å². The predicted molar refractivity (Wildman–Crippen MR) is 101 cm³/mol. The van der Waals surface area contributed by atoms with Gasteiger partial charge in [-0.1, -0.05) is 17.8 Å². The Kier molecular flexibility index (Phi) is 4.56.